The Kier molecular flexibility index (Phi) is 6.80. The molecular formula is C25H28ClF2N5O2S. The van der Waals surface area contributed by atoms with Crippen molar-refractivity contribution >= 4 is 40.2 Å². The Labute approximate surface area is 217 Å². The summed E-state index contributed by atoms with van der Waals surface area (Å²) in [5.41, 5.74) is 6.85. The third-order valence-corrected chi connectivity index (χ3v) is 8.55. The fraction of sp³-hybridized carbons (Fsp3) is 0.440. The Balaban J connectivity index is 1.26. The van der Waals surface area contributed by atoms with Crippen LogP contribution in [0.4, 0.5) is 14.6 Å². The van der Waals surface area contributed by atoms with E-state index in [4.69, 9.17) is 31.9 Å². The quantitative estimate of drug-likeness (QED) is 0.516. The molecule has 0 saturated carbocycles. The number of nitrogens with zero attached hydrogens (tertiary/aromatic N) is 4. The summed E-state index contributed by atoms with van der Waals surface area (Å²) in [4.78, 5) is 7.47. The Hall–Kier alpha value is -2.53. The minimum absolute atomic E-state index is 0.0316. The van der Waals surface area contributed by atoms with E-state index in [9.17, 15) is 8.78 Å². The highest BCUT2D eigenvalue weighted by Gasteiger charge is 2.51. The molecule has 1 unspecified atom stereocenters. The van der Waals surface area contributed by atoms with E-state index in [1.54, 1.807) is 6.20 Å². The van der Waals surface area contributed by atoms with Gasteiger partial charge in [0.2, 0.25) is 0 Å². The number of aromatic nitrogens is 1. The van der Waals surface area contributed by atoms with E-state index in [2.05, 4.69) is 16.5 Å². The summed E-state index contributed by atoms with van der Waals surface area (Å²) in [5.74, 6) is -1.68. The Bertz CT molecular complexity index is 1210. The lowest BCUT2D eigenvalue weighted by Gasteiger charge is -2.45. The average Bonchev–Trinajstić information content (AvgIpc) is 3.45. The molecule has 5 rings (SSSR count). The molecular weight excluding hydrogens is 508 g/mol. The average molecular weight is 536 g/mol. The molecule has 0 bridgehead atoms. The number of anilines is 1. The molecule has 3 aliphatic heterocycles. The molecule has 11 heteroatoms. The highest BCUT2D eigenvalue weighted by molar-refractivity contribution is 7.16. The van der Waals surface area contributed by atoms with E-state index < -0.39 is 18.1 Å². The van der Waals surface area contributed by atoms with Crippen LogP contribution in [0.3, 0.4) is 0 Å². The van der Waals surface area contributed by atoms with Crippen molar-refractivity contribution in [2.45, 2.75) is 31.3 Å². The van der Waals surface area contributed by atoms with Gasteiger partial charge in [0.05, 0.1) is 22.7 Å². The van der Waals surface area contributed by atoms with Gasteiger partial charge < -0.3 is 20.1 Å². The van der Waals surface area contributed by atoms with Gasteiger partial charge >= 0.3 is 0 Å². The number of piperidine rings is 1. The van der Waals surface area contributed by atoms with Gasteiger partial charge in [-0.15, -0.1) is 11.3 Å². The standard InChI is InChI=1S/C25H28ClF2N5O2S/c1-3-34-20(12-29)18-5-4-8-30-23(18)33-14-17(16(2)31-33)13-32-9-6-24(7-10-32)22-19(11-21(26)36-22)25(27,28)15-35-24/h3-5,8,11-12,17H,1,6-7,9-10,13-15,29H2,2H3/b20-12-. The molecule has 0 amide bonds. The SMILES string of the molecule is C=CO/C(=C\N)c1cccnc1N1CC(CN2CCC3(CC2)OCC(F)(F)c2cc(Cl)sc23)C(C)=N1. The van der Waals surface area contributed by atoms with Gasteiger partial charge in [0.25, 0.3) is 5.92 Å². The smallest absolute Gasteiger partial charge is 0.297 e. The summed E-state index contributed by atoms with van der Waals surface area (Å²) in [6, 6.07) is 5.10. The van der Waals surface area contributed by atoms with Gasteiger partial charge in [-0.2, -0.15) is 13.9 Å². The molecule has 3 aliphatic rings. The van der Waals surface area contributed by atoms with Crippen LogP contribution in [0, 0.1) is 5.92 Å². The second-order valence-corrected chi connectivity index (χ2v) is 11.0. The number of pyridine rings is 1. The number of halogens is 3. The molecule has 0 aliphatic carbocycles. The van der Waals surface area contributed by atoms with Crippen molar-refractivity contribution < 1.29 is 18.3 Å². The van der Waals surface area contributed by atoms with Crippen molar-refractivity contribution in [3.05, 3.63) is 63.8 Å². The largest absolute Gasteiger partial charge is 0.463 e. The van der Waals surface area contributed by atoms with Gasteiger partial charge in [-0.25, -0.2) is 9.99 Å². The number of ether oxygens (including phenoxy) is 2. The lowest BCUT2D eigenvalue weighted by molar-refractivity contribution is -0.181. The first-order valence-electron chi connectivity index (χ1n) is 11.8. The first-order valence-corrected chi connectivity index (χ1v) is 13.0. The number of fused-ring (bicyclic) bond motifs is 2. The molecule has 7 nitrogen and oxygen atoms in total. The number of hydrogen-bond acceptors (Lipinski definition) is 8. The molecule has 2 N–H and O–H groups in total. The number of alkyl halides is 2. The normalized spacial score (nSPS) is 23.4. The van der Waals surface area contributed by atoms with E-state index in [1.807, 2.05) is 24.1 Å². The molecule has 0 radical (unpaired) electrons. The molecule has 2 aromatic rings. The molecule has 1 fully saturated rings. The Morgan fingerprint density at radius 2 is 2.19 bits per heavy atom. The summed E-state index contributed by atoms with van der Waals surface area (Å²) < 4.78 is 40.5. The van der Waals surface area contributed by atoms with E-state index in [0.29, 0.717) is 40.2 Å². The van der Waals surface area contributed by atoms with Crippen LogP contribution in [-0.2, 0) is 21.0 Å². The highest BCUT2D eigenvalue weighted by atomic mass is 35.5. The van der Waals surface area contributed by atoms with E-state index >= 15 is 0 Å². The molecule has 1 atom stereocenters. The molecule has 0 aromatic carbocycles. The zero-order valence-corrected chi connectivity index (χ0v) is 21.5. The van der Waals surface area contributed by atoms with Crippen molar-refractivity contribution in [2.24, 2.45) is 16.8 Å². The summed E-state index contributed by atoms with van der Waals surface area (Å²) in [6.45, 7) is 7.98. The maximum absolute atomic E-state index is 14.4. The van der Waals surface area contributed by atoms with Crippen LogP contribution in [0.25, 0.3) is 5.76 Å². The number of nitrogens with two attached hydrogens (primary N) is 1. The second-order valence-electron chi connectivity index (χ2n) is 9.29. The van der Waals surface area contributed by atoms with Crippen LogP contribution in [-0.4, -0.2) is 48.4 Å². The van der Waals surface area contributed by atoms with E-state index in [-0.39, 0.29) is 11.5 Å². The van der Waals surface area contributed by atoms with Crippen LogP contribution in [0.15, 0.2) is 48.5 Å². The summed E-state index contributed by atoms with van der Waals surface area (Å²) >= 11 is 7.35. The summed E-state index contributed by atoms with van der Waals surface area (Å²) in [6.07, 6.45) is 5.71. The summed E-state index contributed by atoms with van der Waals surface area (Å²) in [7, 11) is 0. The first-order chi connectivity index (χ1) is 17.3. The number of thiophene rings is 1. The second kappa shape index (κ2) is 9.74. The molecule has 5 heterocycles. The van der Waals surface area contributed by atoms with Crippen molar-refractivity contribution in [1.82, 2.24) is 9.88 Å². The van der Waals surface area contributed by atoms with Crippen LogP contribution < -0.4 is 10.7 Å². The van der Waals surface area contributed by atoms with Gasteiger partial charge in [-0.3, -0.25) is 0 Å². The maximum atomic E-state index is 14.4. The lowest BCUT2D eigenvalue weighted by Crippen LogP contribution is -2.50. The van der Waals surface area contributed by atoms with Crippen LogP contribution in [0.5, 0.6) is 0 Å². The number of rotatable bonds is 6. The number of hydrazone groups is 1. The van der Waals surface area contributed by atoms with Gasteiger partial charge in [0.1, 0.15) is 12.2 Å². The van der Waals surface area contributed by atoms with E-state index in [0.717, 1.165) is 30.9 Å². The van der Waals surface area contributed by atoms with Gasteiger partial charge in [-0.05, 0) is 38.0 Å². The van der Waals surface area contributed by atoms with E-state index in [1.165, 1.54) is 29.9 Å². The maximum Gasteiger partial charge on any atom is 0.297 e. The zero-order chi connectivity index (χ0) is 25.5. The number of likely N-dealkylation sites (tertiary alicyclic amines) is 1. The zero-order valence-electron chi connectivity index (χ0n) is 19.9. The molecule has 36 heavy (non-hydrogen) atoms. The molecule has 2 aromatic heterocycles. The van der Waals surface area contributed by atoms with Crippen molar-refractivity contribution in [1.29, 1.82) is 0 Å². The van der Waals surface area contributed by atoms with Gasteiger partial charge in [-0.1, -0.05) is 18.2 Å². The van der Waals surface area contributed by atoms with Crippen molar-refractivity contribution in [3.63, 3.8) is 0 Å². The minimum atomic E-state index is -3.00. The molecule has 1 spiro atoms. The molecule has 192 valence electrons. The molecule has 1 saturated heterocycles. The predicted molar refractivity (Wildman–Crippen MR) is 138 cm³/mol. The number of hydrogen-bond donors (Lipinski definition) is 1. The fourth-order valence-corrected chi connectivity index (χ4v) is 6.66. The highest BCUT2D eigenvalue weighted by Crippen LogP contribution is 2.52. The Morgan fingerprint density at radius 3 is 2.92 bits per heavy atom. The van der Waals surface area contributed by atoms with Gasteiger partial charge in [0, 0.05) is 54.1 Å². The van der Waals surface area contributed by atoms with Crippen LogP contribution in [0.2, 0.25) is 4.34 Å². The van der Waals surface area contributed by atoms with Gasteiger partial charge in [0.15, 0.2) is 11.6 Å². The summed E-state index contributed by atoms with van der Waals surface area (Å²) in [5, 5.41) is 6.64. The predicted octanol–water partition coefficient (Wildman–Crippen LogP) is 5.14. The first kappa shape index (κ1) is 25.1. The minimum Gasteiger partial charge on any atom is -0.463 e. The van der Waals surface area contributed by atoms with Crippen LogP contribution in [0.1, 0.15) is 35.8 Å². The Morgan fingerprint density at radius 1 is 1.42 bits per heavy atom. The monoisotopic (exact) mass is 535 g/mol. The third kappa shape index (κ3) is 4.51. The lowest BCUT2D eigenvalue weighted by atomic mass is 9.84. The van der Waals surface area contributed by atoms with Crippen LogP contribution >= 0.6 is 22.9 Å². The third-order valence-electron chi connectivity index (χ3n) is 7.10. The van der Waals surface area contributed by atoms with Crippen molar-refractivity contribution in [2.75, 3.05) is 37.8 Å². The fourth-order valence-electron chi connectivity index (χ4n) is 5.18. The topological polar surface area (TPSA) is 76.2 Å². The van der Waals surface area contributed by atoms with Crippen molar-refractivity contribution in [3.8, 4) is 0 Å².